The maximum absolute atomic E-state index is 13.5. The molecule has 1 unspecified atom stereocenters. The van der Waals surface area contributed by atoms with Gasteiger partial charge in [-0.15, -0.1) is 0 Å². The zero-order valence-corrected chi connectivity index (χ0v) is 22.7. The van der Waals surface area contributed by atoms with Gasteiger partial charge in [-0.3, -0.25) is 4.72 Å². The maximum atomic E-state index is 13.5. The van der Waals surface area contributed by atoms with Gasteiger partial charge >= 0.3 is 18.1 Å². The Hall–Kier alpha value is -4.33. The number of hydrogen-bond acceptors (Lipinski definition) is 6. The van der Waals surface area contributed by atoms with Gasteiger partial charge in [0.1, 0.15) is 5.82 Å². The lowest BCUT2D eigenvalue weighted by Gasteiger charge is -2.42. The number of carboxylic acids is 2. The molecule has 1 aliphatic heterocycles. The van der Waals surface area contributed by atoms with E-state index in [0.29, 0.717) is 18.8 Å². The molecule has 0 radical (unpaired) electrons. The first-order valence-corrected chi connectivity index (χ1v) is 13.6. The second kappa shape index (κ2) is 12.5. The molecule has 1 fully saturated rings. The van der Waals surface area contributed by atoms with E-state index in [4.69, 9.17) is 9.90 Å². The van der Waals surface area contributed by atoms with E-state index in [0.717, 1.165) is 24.4 Å². The third kappa shape index (κ3) is 8.10. The molecule has 0 amide bonds. The minimum Gasteiger partial charge on any atom is -0.478 e. The van der Waals surface area contributed by atoms with Gasteiger partial charge in [0.25, 0.3) is 10.0 Å². The quantitative estimate of drug-likeness (QED) is 0.340. The van der Waals surface area contributed by atoms with Crippen molar-refractivity contribution in [2.45, 2.75) is 31.0 Å². The summed E-state index contributed by atoms with van der Waals surface area (Å²) in [7, 11) is -4.07. The van der Waals surface area contributed by atoms with Crippen LogP contribution in [0.1, 0.15) is 22.8 Å². The van der Waals surface area contributed by atoms with Gasteiger partial charge in [-0.25, -0.2) is 22.4 Å². The van der Waals surface area contributed by atoms with Crippen molar-refractivity contribution >= 4 is 39.0 Å². The van der Waals surface area contributed by atoms with E-state index in [-0.39, 0.29) is 22.2 Å². The molecular formula is C27H27F4N3O6S. The van der Waals surface area contributed by atoms with Crippen molar-refractivity contribution in [3.63, 3.8) is 0 Å². The Morgan fingerprint density at radius 1 is 0.976 bits per heavy atom. The van der Waals surface area contributed by atoms with Crippen LogP contribution in [0.15, 0.2) is 71.6 Å². The first-order chi connectivity index (χ1) is 19.1. The molecule has 1 aliphatic rings. The van der Waals surface area contributed by atoms with Gasteiger partial charge in [-0.05, 0) is 67.9 Å². The fourth-order valence-corrected chi connectivity index (χ4v) is 5.34. The average Bonchev–Trinajstić information content (AvgIpc) is 2.88. The number of benzene rings is 3. The molecule has 0 bridgehead atoms. The van der Waals surface area contributed by atoms with Crippen molar-refractivity contribution in [3.05, 3.63) is 83.7 Å². The molecular weight excluding hydrogens is 570 g/mol. The van der Waals surface area contributed by atoms with Gasteiger partial charge in [0.15, 0.2) is 0 Å². The van der Waals surface area contributed by atoms with Crippen LogP contribution in [0.3, 0.4) is 0 Å². The molecule has 3 aromatic carbocycles. The Kier molecular flexibility index (Phi) is 9.48. The molecule has 220 valence electrons. The van der Waals surface area contributed by atoms with Crippen LogP contribution in [-0.2, 0) is 14.8 Å². The number of hydrogen-bond donors (Lipinski definition) is 3. The normalized spacial score (nSPS) is 15.5. The molecule has 0 spiro atoms. The van der Waals surface area contributed by atoms with Gasteiger partial charge in [0.2, 0.25) is 0 Å². The zero-order chi connectivity index (χ0) is 30.5. The topological polar surface area (TPSA) is 127 Å². The number of aromatic carboxylic acids is 1. The van der Waals surface area contributed by atoms with Crippen LogP contribution in [0.4, 0.5) is 34.6 Å². The second-order valence-corrected chi connectivity index (χ2v) is 10.9. The lowest BCUT2D eigenvalue weighted by atomic mass is 10.1. The van der Waals surface area contributed by atoms with Crippen LogP contribution in [0, 0.1) is 12.7 Å². The monoisotopic (exact) mass is 597 g/mol. The highest BCUT2D eigenvalue weighted by molar-refractivity contribution is 7.92. The standard InChI is InChI=1S/C25H26FN3O4S.C2HF3O2/c1-17-5-3-7-21(13-17)29-12-11-28(16-18(29)2)24-10-9-20(15-23(24)25(30)31)27-34(32,33)22-8-4-6-19(26)14-22;3-2(4,5)1(6)7/h3-10,13-15,18,27H,11-12,16H2,1-2H3,(H,30,31);(H,6,7). The Morgan fingerprint density at radius 3 is 2.20 bits per heavy atom. The summed E-state index contributed by atoms with van der Waals surface area (Å²) in [5.41, 5.74) is 2.92. The molecule has 9 nitrogen and oxygen atoms in total. The van der Waals surface area contributed by atoms with Crippen LogP contribution in [0.5, 0.6) is 0 Å². The number of aliphatic carboxylic acids is 1. The smallest absolute Gasteiger partial charge is 0.478 e. The van der Waals surface area contributed by atoms with Crippen molar-refractivity contribution in [1.29, 1.82) is 0 Å². The fourth-order valence-electron chi connectivity index (χ4n) is 4.26. The molecule has 3 N–H and O–H groups in total. The SMILES string of the molecule is Cc1cccc(N2CCN(c3ccc(NS(=O)(=O)c4cccc(F)c4)cc3C(=O)O)CC2C)c1.O=C(O)C(F)(F)F. The Balaban J connectivity index is 0.000000587. The Bertz CT molecular complexity index is 1530. The average molecular weight is 598 g/mol. The summed E-state index contributed by atoms with van der Waals surface area (Å²) in [4.78, 5) is 25.0. The van der Waals surface area contributed by atoms with Crippen molar-refractivity contribution in [1.82, 2.24) is 0 Å². The largest absolute Gasteiger partial charge is 0.490 e. The highest BCUT2D eigenvalue weighted by Gasteiger charge is 2.38. The number of carbonyl (C=O) groups is 2. The third-order valence-electron chi connectivity index (χ3n) is 6.13. The summed E-state index contributed by atoms with van der Waals surface area (Å²) in [5.74, 6) is -4.59. The number of nitrogens with zero attached hydrogens (tertiary/aromatic N) is 2. The molecule has 1 atom stereocenters. The predicted octanol–water partition coefficient (Wildman–Crippen LogP) is 4.98. The number of halogens is 4. The Morgan fingerprint density at radius 2 is 1.63 bits per heavy atom. The minimum atomic E-state index is -5.08. The van der Waals surface area contributed by atoms with Gasteiger partial charge in [-0.1, -0.05) is 18.2 Å². The van der Waals surface area contributed by atoms with E-state index in [1.807, 2.05) is 24.0 Å². The number of alkyl halides is 3. The molecule has 0 saturated carbocycles. The number of carboxylic acid groups (broad SMARTS) is 2. The van der Waals surface area contributed by atoms with E-state index >= 15 is 0 Å². The first kappa shape index (κ1) is 31.2. The molecule has 1 saturated heterocycles. The molecule has 3 aromatic rings. The van der Waals surface area contributed by atoms with Crippen molar-refractivity contribution < 1.29 is 45.8 Å². The van der Waals surface area contributed by atoms with E-state index in [2.05, 4.69) is 28.7 Å². The summed E-state index contributed by atoms with van der Waals surface area (Å²) in [6, 6.07) is 17.5. The number of aryl methyl sites for hydroxylation is 1. The van der Waals surface area contributed by atoms with Crippen LogP contribution in [-0.4, -0.2) is 62.4 Å². The third-order valence-corrected chi connectivity index (χ3v) is 7.51. The highest BCUT2D eigenvalue weighted by atomic mass is 32.2. The van der Waals surface area contributed by atoms with Crippen molar-refractivity contribution in [2.75, 3.05) is 34.2 Å². The molecule has 41 heavy (non-hydrogen) atoms. The molecule has 0 aromatic heterocycles. The van der Waals surface area contributed by atoms with Gasteiger partial charge in [0.05, 0.1) is 16.1 Å². The van der Waals surface area contributed by atoms with E-state index in [9.17, 15) is 35.9 Å². The number of rotatable bonds is 6. The summed E-state index contributed by atoms with van der Waals surface area (Å²) in [6.45, 7) is 6.09. The number of piperazine rings is 1. The summed E-state index contributed by atoms with van der Waals surface area (Å²) in [6.07, 6.45) is -5.08. The van der Waals surface area contributed by atoms with Crippen LogP contribution in [0.25, 0.3) is 0 Å². The molecule has 4 rings (SSSR count). The van der Waals surface area contributed by atoms with Crippen LogP contribution < -0.4 is 14.5 Å². The van der Waals surface area contributed by atoms with Crippen LogP contribution >= 0.6 is 0 Å². The van der Waals surface area contributed by atoms with E-state index in [1.165, 1.54) is 29.8 Å². The summed E-state index contributed by atoms with van der Waals surface area (Å²) < 4.78 is 72.8. The summed E-state index contributed by atoms with van der Waals surface area (Å²) >= 11 is 0. The van der Waals surface area contributed by atoms with Gasteiger partial charge in [-0.2, -0.15) is 13.2 Å². The van der Waals surface area contributed by atoms with Crippen molar-refractivity contribution in [3.8, 4) is 0 Å². The van der Waals surface area contributed by atoms with Crippen LogP contribution in [0.2, 0.25) is 0 Å². The first-order valence-electron chi connectivity index (χ1n) is 12.1. The maximum Gasteiger partial charge on any atom is 0.490 e. The number of sulfonamides is 1. The van der Waals surface area contributed by atoms with Crippen molar-refractivity contribution in [2.24, 2.45) is 0 Å². The molecule has 14 heteroatoms. The van der Waals surface area contributed by atoms with Gasteiger partial charge in [0, 0.05) is 37.1 Å². The number of nitrogens with one attached hydrogen (secondary N) is 1. The minimum absolute atomic E-state index is 0.00403. The second-order valence-electron chi connectivity index (χ2n) is 9.23. The Labute approximate surface area is 233 Å². The zero-order valence-electron chi connectivity index (χ0n) is 21.9. The lowest BCUT2D eigenvalue weighted by molar-refractivity contribution is -0.192. The van der Waals surface area contributed by atoms with Gasteiger partial charge < -0.3 is 20.0 Å². The molecule has 0 aliphatic carbocycles. The highest BCUT2D eigenvalue weighted by Crippen LogP contribution is 2.30. The fraction of sp³-hybridized carbons (Fsp3) is 0.259. The molecule has 1 heterocycles. The lowest BCUT2D eigenvalue weighted by Crippen LogP contribution is -2.52. The number of anilines is 3. The van der Waals surface area contributed by atoms with E-state index in [1.54, 1.807) is 6.07 Å². The summed E-state index contributed by atoms with van der Waals surface area (Å²) in [5, 5.41) is 17.0. The predicted molar refractivity (Wildman–Crippen MR) is 145 cm³/mol. The van der Waals surface area contributed by atoms with E-state index < -0.39 is 34.0 Å².